The maximum atomic E-state index is 10.3. The topological polar surface area (TPSA) is 83.8 Å². The van der Waals surface area contributed by atoms with Crippen molar-refractivity contribution in [1.82, 2.24) is 0 Å². The van der Waals surface area contributed by atoms with Crippen LogP contribution in [0.4, 0.5) is 0 Å². The second-order valence-electron chi connectivity index (χ2n) is 3.69. The molecule has 6 heteroatoms. The monoisotopic (exact) mass is 270 g/mol. The normalized spacial score (nSPS) is 17.7. The van der Waals surface area contributed by atoms with Crippen LogP contribution in [-0.4, -0.2) is 34.9 Å². The average molecular weight is 270 g/mol. The quantitative estimate of drug-likeness (QED) is 0.715. The van der Waals surface area contributed by atoms with E-state index in [1.807, 2.05) is 0 Å². The first-order valence-electron chi connectivity index (χ1n) is 5.37. The molecule has 2 rings (SSSR count). The Morgan fingerprint density at radius 2 is 1.83 bits per heavy atom. The number of hydrogen-bond donors (Lipinski definition) is 3. The second-order valence-corrected chi connectivity index (χ2v) is 4.21. The number of carbonyl (C=O) groups is 2. The van der Waals surface area contributed by atoms with Gasteiger partial charge in [-0.05, 0) is 37.1 Å². The van der Waals surface area contributed by atoms with Crippen LogP contribution in [-0.2, 0) is 9.53 Å². The molecule has 2 N–H and O–H groups in total. The van der Waals surface area contributed by atoms with Crippen LogP contribution in [0.3, 0.4) is 0 Å². The summed E-state index contributed by atoms with van der Waals surface area (Å²) < 4.78 is 4.81. The third kappa shape index (κ3) is 4.77. The Hall–Kier alpha value is -1.53. The van der Waals surface area contributed by atoms with E-state index in [4.69, 9.17) is 14.9 Å². The number of benzene rings is 1. The van der Waals surface area contributed by atoms with E-state index in [1.165, 1.54) is 12.1 Å². The van der Waals surface area contributed by atoms with Gasteiger partial charge in [-0.15, -0.1) is 12.6 Å². The fourth-order valence-electron chi connectivity index (χ4n) is 1.38. The first-order chi connectivity index (χ1) is 8.50. The van der Waals surface area contributed by atoms with E-state index in [2.05, 4.69) is 12.6 Å². The fraction of sp³-hybridized carbons (Fsp3) is 0.333. The number of carboxylic acid groups (broad SMARTS) is 2. The highest BCUT2D eigenvalue weighted by Gasteiger charge is 2.21. The molecule has 0 spiro atoms. The highest BCUT2D eigenvalue weighted by atomic mass is 32.1. The van der Waals surface area contributed by atoms with Crippen LogP contribution in [0, 0.1) is 0 Å². The van der Waals surface area contributed by atoms with Crippen LogP contribution in [0.15, 0.2) is 29.2 Å². The molecule has 1 aromatic rings. The van der Waals surface area contributed by atoms with Gasteiger partial charge in [0.15, 0.2) is 6.10 Å². The minimum atomic E-state index is -0.909. The van der Waals surface area contributed by atoms with Crippen molar-refractivity contribution in [3.63, 3.8) is 0 Å². The van der Waals surface area contributed by atoms with Gasteiger partial charge in [-0.1, -0.05) is 0 Å². The molecule has 0 unspecified atom stereocenters. The maximum absolute atomic E-state index is 10.3. The zero-order valence-electron chi connectivity index (χ0n) is 9.57. The summed E-state index contributed by atoms with van der Waals surface area (Å²) in [5.41, 5.74) is 0.290. The fourth-order valence-corrected chi connectivity index (χ4v) is 1.53. The largest absolute Gasteiger partial charge is 0.479 e. The number of rotatable bonds is 2. The van der Waals surface area contributed by atoms with Gasteiger partial charge in [-0.2, -0.15) is 0 Å². The SMILES string of the molecule is O=C(O)[C@H]1CCCO1.O=C(O)c1ccc(S)cc1. The number of ether oxygens (including phenoxy) is 1. The Kier molecular flexibility index (Phi) is 5.67. The number of carboxylic acids is 2. The lowest BCUT2D eigenvalue weighted by molar-refractivity contribution is -0.147. The molecule has 1 aromatic carbocycles. The summed E-state index contributed by atoms with van der Waals surface area (Å²) in [6, 6.07) is 6.33. The van der Waals surface area contributed by atoms with Gasteiger partial charge in [0.1, 0.15) is 0 Å². The van der Waals surface area contributed by atoms with E-state index >= 15 is 0 Å². The van der Waals surface area contributed by atoms with Gasteiger partial charge >= 0.3 is 11.9 Å². The molecule has 1 atom stereocenters. The lowest BCUT2D eigenvalue weighted by Crippen LogP contribution is -2.17. The predicted molar refractivity (Wildman–Crippen MR) is 67.3 cm³/mol. The molecule has 1 aliphatic heterocycles. The minimum Gasteiger partial charge on any atom is -0.479 e. The number of hydrogen-bond acceptors (Lipinski definition) is 4. The van der Waals surface area contributed by atoms with Crippen molar-refractivity contribution < 1.29 is 24.5 Å². The lowest BCUT2D eigenvalue weighted by Gasteiger charge is -1.98. The molecule has 1 saturated heterocycles. The number of aromatic carboxylic acids is 1. The summed E-state index contributed by atoms with van der Waals surface area (Å²) in [6.07, 6.45) is 1.04. The van der Waals surface area contributed by atoms with Gasteiger partial charge < -0.3 is 14.9 Å². The van der Waals surface area contributed by atoms with E-state index in [-0.39, 0.29) is 5.56 Å². The summed E-state index contributed by atoms with van der Waals surface area (Å²) >= 11 is 4.01. The number of thiol groups is 1. The van der Waals surface area contributed by atoms with Gasteiger partial charge in [0.2, 0.25) is 0 Å². The summed E-state index contributed by atoms with van der Waals surface area (Å²) in [4.78, 5) is 21.1. The Morgan fingerprint density at radius 3 is 2.17 bits per heavy atom. The average Bonchev–Trinajstić information content (AvgIpc) is 2.84. The van der Waals surface area contributed by atoms with Crippen molar-refractivity contribution in [3.8, 4) is 0 Å². The summed E-state index contributed by atoms with van der Waals surface area (Å²) in [7, 11) is 0. The lowest BCUT2D eigenvalue weighted by atomic mass is 10.2. The first-order valence-corrected chi connectivity index (χ1v) is 5.82. The van der Waals surface area contributed by atoms with Crippen LogP contribution in [0.1, 0.15) is 23.2 Å². The molecular formula is C12H14O5S. The van der Waals surface area contributed by atoms with Gasteiger partial charge in [0, 0.05) is 11.5 Å². The van der Waals surface area contributed by atoms with Crippen LogP contribution in [0.2, 0.25) is 0 Å². The molecule has 0 saturated carbocycles. The first kappa shape index (κ1) is 14.5. The molecule has 1 heterocycles. The van der Waals surface area contributed by atoms with Crippen molar-refractivity contribution in [2.75, 3.05) is 6.61 Å². The molecule has 18 heavy (non-hydrogen) atoms. The van der Waals surface area contributed by atoms with Gasteiger partial charge in [0.25, 0.3) is 0 Å². The Balaban J connectivity index is 0.000000184. The van der Waals surface area contributed by atoms with Gasteiger partial charge in [0.05, 0.1) is 5.56 Å². The highest BCUT2D eigenvalue weighted by molar-refractivity contribution is 7.80. The standard InChI is InChI=1S/C7H6O2S.C5H8O3/c8-7(9)5-1-3-6(10)4-2-5;6-5(7)4-2-1-3-8-4/h1-4,10H,(H,8,9);4H,1-3H2,(H,6,7)/t;4-/m.1/s1. The van der Waals surface area contributed by atoms with Crippen LogP contribution < -0.4 is 0 Å². The molecule has 0 aromatic heterocycles. The predicted octanol–water partition coefficient (Wildman–Crippen LogP) is 1.92. The smallest absolute Gasteiger partial charge is 0.335 e. The van der Waals surface area contributed by atoms with E-state index in [9.17, 15) is 9.59 Å². The van der Waals surface area contributed by atoms with Crippen molar-refractivity contribution in [2.24, 2.45) is 0 Å². The van der Waals surface area contributed by atoms with Crippen LogP contribution in [0.5, 0.6) is 0 Å². The molecule has 98 valence electrons. The molecule has 0 amide bonds. The zero-order chi connectivity index (χ0) is 13.5. The van der Waals surface area contributed by atoms with Crippen molar-refractivity contribution in [1.29, 1.82) is 0 Å². The van der Waals surface area contributed by atoms with Crippen molar-refractivity contribution in [3.05, 3.63) is 29.8 Å². The number of aliphatic carboxylic acids is 1. The minimum absolute atomic E-state index is 0.290. The summed E-state index contributed by atoms with van der Waals surface area (Å²) in [5.74, 6) is -1.74. The summed E-state index contributed by atoms with van der Waals surface area (Å²) in [5, 5.41) is 16.7. The highest BCUT2D eigenvalue weighted by Crippen LogP contribution is 2.11. The maximum Gasteiger partial charge on any atom is 0.335 e. The van der Waals surface area contributed by atoms with Crippen molar-refractivity contribution in [2.45, 2.75) is 23.8 Å². The third-order valence-corrected chi connectivity index (χ3v) is 2.62. The van der Waals surface area contributed by atoms with Gasteiger partial charge in [-0.3, -0.25) is 0 Å². The molecule has 1 fully saturated rings. The van der Waals surface area contributed by atoms with Gasteiger partial charge in [-0.25, -0.2) is 9.59 Å². The van der Waals surface area contributed by atoms with Crippen LogP contribution in [0.25, 0.3) is 0 Å². The third-order valence-electron chi connectivity index (χ3n) is 2.32. The van der Waals surface area contributed by atoms with Crippen molar-refractivity contribution >= 4 is 24.6 Å². The summed E-state index contributed by atoms with van der Waals surface area (Å²) in [6.45, 7) is 0.608. The Bertz CT molecular complexity index is 409. The Labute approximate surface area is 110 Å². The molecule has 0 bridgehead atoms. The van der Waals surface area contributed by atoms with E-state index in [0.717, 1.165) is 11.3 Å². The molecular weight excluding hydrogens is 256 g/mol. The molecule has 1 aliphatic rings. The van der Waals surface area contributed by atoms with Crippen LogP contribution >= 0.6 is 12.6 Å². The van der Waals surface area contributed by atoms with E-state index in [1.54, 1.807) is 12.1 Å². The molecule has 5 nitrogen and oxygen atoms in total. The Morgan fingerprint density at radius 1 is 1.22 bits per heavy atom. The van der Waals surface area contributed by atoms with E-state index < -0.39 is 18.0 Å². The zero-order valence-corrected chi connectivity index (χ0v) is 10.5. The molecule has 0 radical (unpaired) electrons. The van der Waals surface area contributed by atoms with E-state index in [0.29, 0.717) is 13.0 Å². The second kappa shape index (κ2) is 7.03. The molecule has 0 aliphatic carbocycles.